The van der Waals surface area contributed by atoms with Crippen LogP contribution in [-0.4, -0.2) is 24.1 Å². The standard InChI is InChI=1S/C15H21NO2/c1-12(2)14-8-9-16(10-14)15(17)18-11-13-6-4-3-5-7-13/h3-7,12,14H,8-11H2,1-2H3. The van der Waals surface area contributed by atoms with Crippen molar-refractivity contribution in [2.75, 3.05) is 13.1 Å². The Kier molecular flexibility index (Phi) is 4.24. The van der Waals surface area contributed by atoms with Crippen LogP contribution in [0.1, 0.15) is 25.8 Å². The minimum atomic E-state index is -0.179. The molecule has 0 aromatic heterocycles. The molecule has 1 fully saturated rings. The molecule has 1 aromatic rings. The predicted octanol–water partition coefficient (Wildman–Crippen LogP) is 3.30. The molecule has 1 aliphatic rings. The highest BCUT2D eigenvalue weighted by molar-refractivity contribution is 5.68. The summed E-state index contributed by atoms with van der Waals surface area (Å²) < 4.78 is 5.33. The fourth-order valence-electron chi connectivity index (χ4n) is 2.31. The van der Waals surface area contributed by atoms with E-state index in [1.54, 1.807) is 0 Å². The van der Waals surface area contributed by atoms with Crippen LogP contribution in [0.5, 0.6) is 0 Å². The molecule has 0 saturated carbocycles. The molecule has 1 saturated heterocycles. The van der Waals surface area contributed by atoms with E-state index in [0.717, 1.165) is 25.1 Å². The number of rotatable bonds is 3. The molecular weight excluding hydrogens is 226 g/mol. The van der Waals surface area contributed by atoms with E-state index < -0.39 is 0 Å². The number of amides is 1. The zero-order valence-electron chi connectivity index (χ0n) is 11.1. The lowest BCUT2D eigenvalue weighted by atomic mass is 9.95. The summed E-state index contributed by atoms with van der Waals surface area (Å²) in [6.45, 7) is 6.46. The monoisotopic (exact) mass is 247 g/mol. The summed E-state index contributed by atoms with van der Waals surface area (Å²) >= 11 is 0. The number of ether oxygens (including phenoxy) is 1. The lowest BCUT2D eigenvalue weighted by Crippen LogP contribution is -2.29. The number of likely N-dealkylation sites (tertiary alicyclic amines) is 1. The van der Waals surface area contributed by atoms with Gasteiger partial charge in [0.25, 0.3) is 0 Å². The zero-order valence-corrected chi connectivity index (χ0v) is 11.1. The first-order valence-electron chi connectivity index (χ1n) is 6.62. The van der Waals surface area contributed by atoms with Crippen LogP contribution in [0.25, 0.3) is 0 Å². The summed E-state index contributed by atoms with van der Waals surface area (Å²) in [5, 5.41) is 0. The second kappa shape index (κ2) is 5.89. The minimum Gasteiger partial charge on any atom is -0.445 e. The van der Waals surface area contributed by atoms with Gasteiger partial charge >= 0.3 is 6.09 Å². The first-order chi connectivity index (χ1) is 8.66. The van der Waals surface area contributed by atoms with Crippen molar-refractivity contribution in [3.63, 3.8) is 0 Å². The maximum atomic E-state index is 11.9. The van der Waals surface area contributed by atoms with E-state index in [1.807, 2.05) is 35.2 Å². The highest BCUT2D eigenvalue weighted by Crippen LogP contribution is 2.24. The highest BCUT2D eigenvalue weighted by Gasteiger charge is 2.28. The summed E-state index contributed by atoms with van der Waals surface area (Å²) in [6, 6.07) is 9.79. The van der Waals surface area contributed by atoms with Gasteiger partial charge in [-0.2, -0.15) is 0 Å². The Labute approximate surface area is 109 Å². The maximum Gasteiger partial charge on any atom is 0.410 e. The molecule has 1 atom stereocenters. The Morgan fingerprint density at radius 3 is 2.72 bits per heavy atom. The van der Waals surface area contributed by atoms with Crippen LogP contribution in [0.3, 0.4) is 0 Å². The molecule has 2 rings (SSSR count). The molecule has 98 valence electrons. The molecule has 0 bridgehead atoms. The van der Waals surface area contributed by atoms with Crippen molar-refractivity contribution in [1.82, 2.24) is 4.90 Å². The van der Waals surface area contributed by atoms with Crippen LogP contribution in [0.2, 0.25) is 0 Å². The van der Waals surface area contributed by atoms with Crippen LogP contribution < -0.4 is 0 Å². The van der Waals surface area contributed by atoms with Gasteiger partial charge in [-0.15, -0.1) is 0 Å². The normalized spacial score (nSPS) is 19.3. The van der Waals surface area contributed by atoms with E-state index in [2.05, 4.69) is 13.8 Å². The smallest absolute Gasteiger partial charge is 0.410 e. The van der Waals surface area contributed by atoms with E-state index in [4.69, 9.17) is 4.74 Å². The average molecular weight is 247 g/mol. The summed E-state index contributed by atoms with van der Waals surface area (Å²) in [5.74, 6) is 1.26. The van der Waals surface area contributed by atoms with E-state index in [1.165, 1.54) is 0 Å². The number of carbonyl (C=O) groups is 1. The third kappa shape index (κ3) is 3.25. The molecule has 1 heterocycles. The number of hydrogen-bond acceptors (Lipinski definition) is 2. The van der Waals surface area contributed by atoms with Gasteiger partial charge in [0.05, 0.1) is 0 Å². The topological polar surface area (TPSA) is 29.5 Å². The van der Waals surface area contributed by atoms with Crippen LogP contribution in [-0.2, 0) is 11.3 Å². The van der Waals surface area contributed by atoms with Gasteiger partial charge < -0.3 is 9.64 Å². The van der Waals surface area contributed by atoms with E-state index in [-0.39, 0.29) is 6.09 Å². The summed E-state index contributed by atoms with van der Waals surface area (Å²) in [7, 11) is 0. The maximum absolute atomic E-state index is 11.9. The van der Waals surface area contributed by atoms with Crippen LogP contribution >= 0.6 is 0 Å². The predicted molar refractivity (Wildman–Crippen MR) is 71.1 cm³/mol. The van der Waals surface area contributed by atoms with E-state index in [0.29, 0.717) is 18.4 Å². The molecular formula is C15H21NO2. The molecule has 18 heavy (non-hydrogen) atoms. The summed E-state index contributed by atoms with van der Waals surface area (Å²) in [4.78, 5) is 13.7. The Morgan fingerprint density at radius 2 is 2.11 bits per heavy atom. The largest absolute Gasteiger partial charge is 0.445 e. The molecule has 0 N–H and O–H groups in total. The fraction of sp³-hybridized carbons (Fsp3) is 0.533. The highest BCUT2D eigenvalue weighted by atomic mass is 16.6. The number of hydrogen-bond donors (Lipinski definition) is 0. The minimum absolute atomic E-state index is 0.179. The third-order valence-corrected chi connectivity index (χ3v) is 3.63. The average Bonchev–Trinajstić information content (AvgIpc) is 2.87. The number of benzene rings is 1. The molecule has 1 aliphatic heterocycles. The summed E-state index contributed by atoms with van der Waals surface area (Å²) in [5.41, 5.74) is 1.03. The van der Waals surface area contributed by atoms with Crippen molar-refractivity contribution >= 4 is 6.09 Å². The van der Waals surface area contributed by atoms with E-state index >= 15 is 0 Å². The Morgan fingerprint density at radius 1 is 1.39 bits per heavy atom. The van der Waals surface area contributed by atoms with Gasteiger partial charge in [-0.1, -0.05) is 44.2 Å². The Hall–Kier alpha value is -1.51. The third-order valence-electron chi connectivity index (χ3n) is 3.63. The summed E-state index contributed by atoms with van der Waals surface area (Å²) in [6.07, 6.45) is 0.917. The fourth-order valence-corrected chi connectivity index (χ4v) is 2.31. The molecule has 3 heteroatoms. The Balaban J connectivity index is 1.79. The zero-order chi connectivity index (χ0) is 13.0. The first kappa shape index (κ1) is 12.9. The van der Waals surface area contributed by atoms with Gasteiger partial charge in [-0.25, -0.2) is 4.79 Å². The molecule has 1 aromatic carbocycles. The number of carbonyl (C=O) groups excluding carboxylic acids is 1. The van der Waals surface area contributed by atoms with Gasteiger partial charge in [-0.05, 0) is 23.8 Å². The van der Waals surface area contributed by atoms with Gasteiger partial charge in [0.2, 0.25) is 0 Å². The van der Waals surface area contributed by atoms with Crippen LogP contribution in [0, 0.1) is 11.8 Å². The van der Waals surface area contributed by atoms with Crippen molar-refractivity contribution in [2.24, 2.45) is 11.8 Å². The van der Waals surface area contributed by atoms with Crippen LogP contribution in [0.4, 0.5) is 4.79 Å². The lowest BCUT2D eigenvalue weighted by Gasteiger charge is -2.17. The second-order valence-corrected chi connectivity index (χ2v) is 5.28. The van der Waals surface area contributed by atoms with Gasteiger partial charge in [-0.3, -0.25) is 0 Å². The molecule has 1 unspecified atom stereocenters. The van der Waals surface area contributed by atoms with Gasteiger partial charge in [0.1, 0.15) is 6.61 Å². The molecule has 0 spiro atoms. The van der Waals surface area contributed by atoms with Gasteiger partial charge in [0.15, 0.2) is 0 Å². The lowest BCUT2D eigenvalue weighted by molar-refractivity contribution is 0.102. The Bertz CT molecular complexity index is 389. The molecule has 0 aliphatic carbocycles. The van der Waals surface area contributed by atoms with E-state index in [9.17, 15) is 4.79 Å². The van der Waals surface area contributed by atoms with Crippen molar-refractivity contribution in [3.8, 4) is 0 Å². The SMILES string of the molecule is CC(C)C1CCN(C(=O)OCc2ccccc2)C1. The second-order valence-electron chi connectivity index (χ2n) is 5.28. The molecule has 1 amide bonds. The molecule has 0 radical (unpaired) electrons. The first-order valence-corrected chi connectivity index (χ1v) is 6.62. The van der Waals surface area contributed by atoms with Crippen LogP contribution in [0.15, 0.2) is 30.3 Å². The van der Waals surface area contributed by atoms with Crippen molar-refractivity contribution in [1.29, 1.82) is 0 Å². The molecule has 3 nitrogen and oxygen atoms in total. The quantitative estimate of drug-likeness (QED) is 0.820. The van der Waals surface area contributed by atoms with Gasteiger partial charge in [0, 0.05) is 13.1 Å². The number of nitrogens with zero attached hydrogens (tertiary/aromatic N) is 1. The van der Waals surface area contributed by atoms with Crippen molar-refractivity contribution in [3.05, 3.63) is 35.9 Å². The van der Waals surface area contributed by atoms with Crippen molar-refractivity contribution < 1.29 is 9.53 Å². The van der Waals surface area contributed by atoms with Crippen molar-refractivity contribution in [2.45, 2.75) is 26.9 Å².